The van der Waals surface area contributed by atoms with E-state index in [2.05, 4.69) is 16.3 Å². The third kappa shape index (κ3) is 5.04. The monoisotopic (exact) mass is 287 g/mol. The maximum Gasteiger partial charge on any atom is 0.121 e. The third-order valence-corrected chi connectivity index (χ3v) is 4.00. The van der Waals surface area contributed by atoms with Crippen LogP contribution in [0, 0.1) is 11.3 Å². The summed E-state index contributed by atoms with van der Waals surface area (Å²) in [6.45, 7) is 4.59. The molecule has 0 amide bonds. The Bertz CT molecular complexity index is 463. The number of nitriles is 1. The minimum absolute atomic E-state index is 0.258. The van der Waals surface area contributed by atoms with Crippen molar-refractivity contribution in [3.05, 3.63) is 29.8 Å². The maximum absolute atomic E-state index is 9.31. The van der Waals surface area contributed by atoms with Gasteiger partial charge in [0.2, 0.25) is 0 Å². The van der Waals surface area contributed by atoms with Gasteiger partial charge in [-0.05, 0) is 69.6 Å². The van der Waals surface area contributed by atoms with E-state index in [-0.39, 0.29) is 6.04 Å². The molecule has 0 aromatic heterocycles. The molecular formula is C17H25N3O. The molecule has 1 aliphatic heterocycles. The molecule has 4 heteroatoms. The van der Waals surface area contributed by atoms with E-state index in [1.165, 1.54) is 38.9 Å². The zero-order valence-corrected chi connectivity index (χ0v) is 12.8. The highest BCUT2D eigenvalue weighted by molar-refractivity contribution is 5.32. The zero-order valence-electron chi connectivity index (χ0n) is 12.8. The van der Waals surface area contributed by atoms with Gasteiger partial charge in [-0.25, -0.2) is 0 Å². The summed E-state index contributed by atoms with van der Waals surface area (Å²) in [5.41, 5.74) is 0.969. The van der Waals surface area contributed by atoms with Gasteiger partial charge < -0.3 is 9.64 Å². The Labute approximate surface area is 127 Å². The molecule has 0 radical (unpaired) electrons. The van der Waals surface area contributed by atoms with Crippen LogP contribution in [0.4, 0.5) is 0 Å². The van der Waals surface area contributed by atoms with Crippen LogP contribution in [-0.2, 0) is 0 Å². The Kier molecular flexibility index (Phi) is 6.52. The molecule has 1 fully saturated rings. The van der Waals surface area contributed by atoms with Crippen molar-refractivity contribution in [2.24, 2.45) is 0 Å². The quantitative estimate of drug-likeness (QED) is 0.747. The normalized spacial score (nSPS) is 16.6. The SMILES string of the molecule is COc1cccc(C(C#N)NCCCCN2CCCC2)c1. The smallest absolute Gasteiger partial charge is 0.121 e. The summed E-state index contributed by atoms with van der Waals surface area (Å²) in [5.74, 6) is 0.795. The number of rotatable bonds is 8. The van der Waals surface area contributed by atoms with Crippen LogP contribution >= 0.6 is 0 Å². The van der Waals surface area contributed by atoms with Crippen LogP contribution < -0.4 is 10.1 Å². The Hall–Kier alpha value is -1.57. The lowest BCUT2D eigenvalue weighted by Crippen LogP contribution is -2.24. The fourth-order valence-corrected chi connectivity index (χ4v) is 2.77. The van der Waals surface area contributed by atoms with E-state index in [0.717, 1.165) is 24.3 Å². The van der Waals surface area contributed by atoms with Crippen molar-refractivity contribution in [3.8, 4) is 11.8 Å². The minimum Gasteiger partial charge on any atom is -0.497 e. The second kappa shape index (κ2) is 8.66. The molecule has 4 nitrogen and oxygen atoms in total. The van der Waals surface area contributed by atoms with Crippen LogP contribution in [0.1, 0.15) is 37.3 Å². The molecule has 21 heavy (non-hydrogen) atoms. The molecule has 2 rings (SSSR count). The Morgan fingerprint density at radius 2 is 2.14 bits per heavy atom. The number of methoxy groups -OCH3 is 1. The second-order valence-electron chi connectivity index (χ2n) is 5.55. The van der Waals surface area contributed by atoms with Gasteiger partial charge in [-0.1, -0.05) is 12.1 Å². The van der Waals surface area contributed by atoms with Gasteiger partial charge in [-0.3, -0.25) is 5.32 Å². The average Bonchev–Trinajstić information content (AvgIpc) is 3.04. The van der Waals surface area contributed by atoms with Crippen molar-refractivity contribution in [1.82, 2.24) is 10.2 Å². The first-order valence-electron chi connectivity index (χ1n) is 7.83. The van der Waals surface area contributed by atoms with Crippen molar-refractivity contribution in [2.45, 2.75) is 31.7 Å². The van der Waals surface area contributed by atoms with Crippen molar-refractivity contribution >= 4 is 0 Å². The number of ether oxygens (including phenoxy) is 1. The highest BCUT2D eigenvalue weighted by Gasteiger charge is 2.12. The summed E-state index contributed by atoms with van der Waals surface area (Å²) in [6, 6.07) is 9.78. The average molecular weight is 287 g/mol. The molecule has 1 aromatic carbocycles. The third-order valence-electron chi connectivity index (χ3n) is 4.00. The molecule has 1 atom stereocenters. The second-order valence-corrected chi connectivity index (χ2v) is 5.55. The lowest BCUT2D eigenvalue weighted by atomic mass is 10.1. The molecule has 1 heterocycles. The molecule has 0 saturated carbocycles. The fourth-order valence-electron chi connectivity index (χ4n) is 2.77. The summed E-state index contributed by atoms with van der Waals surface area (Å²) in [6.07, 6.45) is 5.01. The molecular weight excluding hydrogens is 262 g/mol. The van der Waals surface area contributed by atoms with Crippen LogP contribution in [-0.4, -0.2) is 38.2 Å². The molecule has 1 aliphatic rings. The summed E-state index contributed by atoms with van der Waals surface area (Å²) in [5, 5.41) is 12.6. The van der Waals surface area contributed by atoms with Gasteiger partial charge in [0.25, 0.3) is 0 Å². The molecule has 1 N–H and O–H groups in total. The van der Waals surface area contributed by atoms with Crippen LogP contribution in [0.2, 0.25) is 0 Å². The first-order chi connectivity index (χ1) is 10.3. The number of nitrogens with zero attached hydrogens (tertiary/aromatic N) is 2. The summed E-state index contributed by atoms with van der Waals surface area (Å²) < 4.78 is 5.21. The van der Waals surface area contributed by atoms with Gasteiger partial charge in [0, 0.05) is 0 Å². The van der Waals surface area contributed by atoms with E-state index in [1.54, 1.807) is 7.11 Å². The van der Waals surface area contributed by atoms with E-state index in [1.807, 2.05) is 24.3 Å². The first-order valence-corrected chi connectivity index (χ1v) is 7.83. The van der Waals surface area contributed by atoms with Gasteiger partial charge in [-0.2, -0.15) is 5.26 Å². The number of hydrogen-bond donors (Lipinski definition) is 1. The van der Waals surface area contributed by atoms with Gasteiger partial charge in [0.15, 0.2) is 0 Å². The molecule has 1 aromatic rings. The molecule has 0 aliphatic carbocycles. The van der Waals surface area contributed by atoms with Crippen LogP contribution in [0.5, 0.6) is 5.75 Å². The topological polar surface area (TPSA) is 48.3 Å². The number of hydrogen-bond acceptors (Lipinski definition) is 4. The molecule has 1 saturated heterocycles. The highest BCUT2D eigenvalue weighted by atomic mass is 16.5. The maximum atomic E-state index is 9.31. The predicted molar refractivity (Wildman–Crippen MR) is 84.3 cm³/mol. The van der Waals surface area contributed by atoms with Crippen molar-refractivity contribution < 1.29 is 4.74 Å². The number of likely N-dealkylation sites (tertiary alicyclic amines) is 1. The van der Waals surface area contributed by atoms with Crippen LogP contribution in [0.25, 0.3) is 0 Å². The minimum atomic E-state index is -0.258. The van der Waals surface area contributed by atoms with Gasteiger partial charge >= 0.3 is 0 Å². The van der Waals surface area contributed by atoms with Crippen molar-refractivity contribution in [1.29, 1.82) is 5.26 Å². The highest BCUT2D eigenvalue weighted by Crippen LogP contribution is 2.18. The van der Waals surface area contributed by atoms with Crippen LogP contribution in [0.15, 0.2) is 24.3 Å². The van der Waals surface area contributed by atoms with Crippen molar-refractivity contribution in [3.63, 3.8) is 0 Å². The van der Waals surface area contributed by atoms with E-state index in [4.69, 9.17) is 4.74 Å². The van der Waals surface area contributed by atoms with Crippen LogP contribution in [0.3, 0.4) is 0 Å². The number of nitrogens with one attached hydrogen (secondary N) is 1. The zero-order chi connectivity index (χ0) is 14.9. The predicted octanol–water partition coefficient (Wildman–Crippen LogP) is 2.73. The summed E-state index contributed by atoms with van der Waals surface area (Å²) >= 11 is 0. The first kappa shape index (κ1) is 15.8. The summed E-state index contributed by atoms with van der Waals surface area (Å²) in [4.78, 5) is 2.53. The molecule has 1 unspecified atom stereocenters. The number of benzene rings is 1. The van der Waals surface area contributed by atoms with Gasteiger partial charge in [0.1, 0.15) is 11.8 Å². The van der Waals surface area contributed by atoms with Gasteiger partial charge in [0.05, 0.1) is 13.2 Å². The largest absolute Gasteiger partial charge is 0.497 e. The molecule has 0 spiro atoms. The van der Waals surface area contributed by atoms with Crippen molar-refractivity contribution in [2.75, 3.05) is 33.3 Å². The Morgan fingerprint density at radius 1 is 1.33 bits per heavy atom. The Morgan fingerprint density at radius 3 is 2.86 bits per heavy atom. The number of unbranched alkanes of at least 4 members (excludes halogenated alkanes) is 1. The van der Waals surface area contributed by atoms with E-state index in [9.17, 15) is 5.26 Å². The molecule has 114 valence electrons. The van der Waals surface area contributed by atoms with E-state index < -0.39 is 0 Å². The Balaban J connectivity index is 1.70. The summed E-state index contributed by atoms with van der Waals surface area (Å²) in [7, 11) is 1.65. The standard InChI is InChI=1S/C17H25N3O/c1-21-16-8-6-7-15(13-16)17(14-18)19-9-2-3-10-20-11-4-5-12-20/h6-8,13,17,19H,2-5,9-12H2,1H3. The lowest BCUT2D eigenvalue weighted by molar-refractivity contribution is 0.328. The molecule has 0 bridgehead atoms. The lowest BCUT2D eigenvalue weighted by Gasteiger charge is -2.15. The van der Waals surface area contributed by atoms with E-state index >= 15 is 0 Å². The van der Waals surface area contributed by atoms with E-state index in [0.29, 0.717) is 0 Å². The fraction of sp³-hybridized carbons (Fsp3) is 0.588. The van der Waals surface area contributed by atoms with Gasteiger partial charge in [-0.15, -0.1) is 0 Å².